The van der Waals surface area contributed by atoms with E-state index in [1.54, 1.807) is 30.1 Å². The summed E-state index contributed by atoms with van der Waals surface area (Å²) in [4.78, 5) is 11.8. The van der Waals surface area contributed by atoms with Gasteiger partial charge in [0.25, 0.3) is 5.91 Å². The third-order valence-corrected chi connectivity index (χ3v) is 2.74. The van der Waals surface area contributed by atoms with E-state index in [1.807, 2.05) is 0 Å². The summed E-state index contributed by atoms with van der Waals surface area (Å²) in [5, 5.41) is 10.3. The van der Waals surface area contributed by atoms with E-state index in [0.29, 0.717) is 24.2 Å². The summed E-state index contributed by atoms with van der Waals surface area (Å²) < 4.78 is 14.8. The van der Waals surface area contributed by atoms with E-state index in [1.165, 1.54) is 12.1 Å². The van der Waals surface area contributed by atoms with Crippen LogP contribution in [0.4, 0.5) is 4.39 Å². The monoisotopic (exact) mass is 262 g/mol. The molecule has 0 spiro atoms. The highest BCUT2D eigenvalue weighted by Gasteiger charge is 2.06. The van der Waals surface area contributed by atoms with Crippen molar-refractivity contribution in [3.8, 4) is 0 Å². The average molecular weight is 262 g/mol. The smallest absolute Gasteiger partial charge is 0.251 e. The molecule has 6 heteroatoms. The van der Waals surface area contributed by atoms with Gasteiger partial charge in [-0.05, 0) is 37.1 Å². The largest absolute Gasteiger partial charge is 0.352 e. The molecule has 0 fully saturated rings. The Bertz CT molecular complexity index is 554. The molecular weight excluding hydrogens is 247 g/mol. The molecule has 2 aromatic rings. The molecule has 0 aliphatic rings. The van der Waals surface area contributed by atoms with E-state index in [9.17, 15) is 9.18 Å². The first-order valence-electron chi connectivity index (χ1n) is 6.05. The third kappa shape index (κ3) is 3.61. The molecule has 1 amide bonds. The highest BCUT2D eigenvalue weighted by Crippen LogP contribution is 2.08. The van der Waals surface area contributed by atoms with Gasteiger partial charge < -0.3 is 5.32 Å². The topological polar surface area (TPSA) is 59.8 Å². The summed E-state index contributed by atoms with van der Waals surface area (Å²) in [7, 11) is 0. The normalized spacial score (nSPS) is 10.4. The Kier molecular flexibility index (Phi) is 4.22. The molecule has 1 heterocycles. The zero-order valence-corrected chi connectivity index (χ0v) is 10.6. The summed E-state index contributed by atoms with van der Waals surface area (Å²) in [5.41, 5.74) is 0.940. The number of carbonyl (C=O) groups is 1. The van der Waals surface area contributed by atoms with Gasteiger partial charge in [-0.25, -0.2) is 4.39 Å². The van der Waals surface area contributed by atoms with Crippen molar-refractivity contribution in [3.63, 3.8) is 0 Å². The van der Waals surface area contributed by atoms with Crippen LogP contribution in [-0.4, -0.2) is 27.4 Å². The van der Waals surface area contributed by atoms with Crippen LogP contribution in [0.5, 0.6) is 0 Å². The first-order chi connectivity index (χ1) is 9.16. The van der Waals surface area contributed by atoms with Crippen LogP contribution in [-0.2, 0) is 6.54 Å². The van der Waals surface area contributed by atoms with Crippen LogP contribution < -0.4 is 5.32 Å². The predicted molar refractivity (Wildman–Crippen MR) is 68.1 cm³/mol. The summed E-state index contributed by atoms with van der Waals surface area (Å²) >= 11 is 0. The summed E-state index contributed by atoms with van der Waals surface area (Å²) in [6.45, 7) is 2.87. The van der Waals surface area contributed by atoms with Crippen molar-refractivity contribution in [3.05, 3.63) is 47.5 Å². The minimum Gasteiger partial charge on any atom is -0.352 e. The number of aromatic nitrogens is 3. The van der Waals surface area contributed by atoms with Crippen molar-refractivity contribution >= 4 is 5.91 Å². The Balaban J connectivity index is 1.79. The van der Waals surface area contributed by atoms with Crippen molar-refractivity contribution in [1.29, 1.82) is 0 Å². The van der Waals surface area contributed by atoms with Crippen molar-refractivity contribution in [2.24, 2.45) is 0 Å². The highest BCUT2D eigenvalue weighted by atomic mass is 19.1. The zero-order chi connectivity index (χ0) is 13.7. The molecule has 19 heavy (non-hydrogen) atoms. The maximum absolute atomic E-state index is 13.1. The molecule has 0 aliphatic heterocycles. The second-order valence-electron chi connectivity index (χ2n) is 4.24. The Morgan fingerprint density at radius 3 is 3.00 bits per heavy atom. The van der Waals surface area contributed by atoms with Gasteiger partial charge >= 0.3 is 0 Å². The van der Waals surface area contributed by atoms with Crippen LogP contribution in [0.25, 0.3) is 0 Å². The summed E-state index contributed by atoms with van der Waals surface area (Å²) in [5.74, 6) is -0.496. The predicted octanol–water partition coefficient (Wildman–Crippen LogP) is 1.55. The number of rotatable bonds is 5. The van der Waals surface area contributed by atoms with Gasteiger partial charge in [0.05, 0.1) is 6.20 Å². The molecule has 0 saturated carbocycles. The van der Waals surface area contributed by atoms with Gasteiger partial charge in [0.1, 0.15) is 5.82 Å². The Morgan fingerprint density at radius 2 is 2.32 bits per heavy atom. The molecule has 0 atom stereocenters. The Labute approximate surface area is 110 Å². The zero-order valence-electron chi connectivity index (χ0n) is 10.6. The number of nitrogens with one attached hydrogen (secondary N) is 1. The van der Waals surface area contributed by atoms with Crippen LogP contribution in [0.1, 0.15) is 22.3 Å². The maximum Gasteiger partial charge on any atom is 0.251 e. The van der Waals surface area contributed by atoms with E-state index >= 15 is 0 Å². The molecule has 1 N–H and O–H groups in total. The van der Waals surface area contributed by atoms with Crippen molar-refractivity contribution < 1.29 is 9.18 Å². The van der Waals surface area contributed by atoms with E-state index in [4.69, 9.17) is 0 Å². The molecule has 0 saturated heterocycles. The van der Waals surface area contributed by atoms with E-state index < -0.39 is 0 Å². The number of aryl methyl sites for hydroxylation is 2. The van der Waals surface area contributed by atoms with Crippen LogP contribution in [0, 0.1) is 12.7 Å². The summed E-state index contributed by atoms with van der Waals surface area (Å²) in [6.07, 6.45) is 4.14. The first-order valence-corrected chi connectivity index (χ1v) is 6.05. The molecule has 0 bridgehead atoms. The fourth-order valence-electron chi connectivity index (χ4n) is 1.68. The fourth-order valence-corrected chi connectivity index (χ4v) is 1.68. The van der Waals surface area contributed by atoms with E-state index in [0.717, 1.165) is 6.42 Å². The van der Waals surface area contributed by atoms with Gasteiger partial charge in [-0.3, -0.25) is 9.48 Å². The number of nitrogens with zero attached hydrogens (tertiary/aromatic N) is 3. The number of hydrogen-bond donors (Lipinski definition) is 1. The van der Waals surface area contributed by atoms with Gasteiger partial charge in [0, 0.05) is 24.8 Å². The quantitative estimate of drug-likeness (QED) is 0.832. The standard InChI is InChI=1S/C13H15FN4O/c1-10-9-11(3-4-12(10)14)13(19)15-5-2-7-18-8-6-16-17-18/h3-4,6,8-9H,2,5,7H2,1H3,(H,15,19). The maximum atomic E-state index is 13.1. The Hall–Kier alpha value is -2.24. The average Bonchev–Trinajstić information content (AvgIpc) is 2.91. The number of benzene rings is 1. The SMILES string of the molecule is Cc1cc(C(=O)NCCCn2ccnn2)ccc1F. The molecule has 2 rings (SSSR count). The van der Waals surface area contributed by atoms with Gasteiger partial charge in [-0.2, -0.15) is 0 Å². The van der Waals surface area contributed by atoms with Crippen molar-refractivity contribution in [1.82, 2.24) is 20.3 Å². The van der Waals surface area contributed by atoms with Gasteiger partial charge in [-0.1, -0.05) is 5.21 Å². The van der Waals surface area contributed by atoms with Crippen LogP contribution in [0.3, 0.4) is 0 Å². The van der Waals surface area contributed by atoms with Crippen LogP contribution >= 0.6 is 0 Å². The molecular formula is C13H15FN4O. The molecule has 1 aromatic heterocycles. The highest BCUT2D eigenvalue weighted by molar-refractivity contribution is 5.94. The lowest BCUT2D eigenvalue weighted by atomic mass is 10.1. The Morgan fingerprint density at radius 1 is 1.47 bits per heavy atom. The fraction of sp³-hybridized carbons (Fsp3) is 0.308. The van der Waals surface area contributed by atoms with Gasteiger partial charge in [0.15, 0.2) is 0 Å². The first kappa shape index (κ1) is 13.2. The number of amides is 1. The van der Waals surface area contributed by atoms with Gasteiger partial charge in [-0.15, -0.1) is 5.10 Å². The number of carbonyl (C=O) groups excluding carboxylic acids is 1. The second kappa shape index (κ2) is 6.08. The lowest BCUT2D eigenvalue weighted by molar-refractivity contribution is 0.0952. The number of hydrogen-bond acceptors (Lipinski definition) is 3. The molecule has 0 aliphatic carbocycles. The van der Waals surface area contributed by atoms with Gasteiger partial charge in [0.2, 0.25) is 0 Å². The molecule has 100 valence electrons. The van der Waals surface area contributed by atoms with E-state index in [-0.39, 0.29) is 11.7 Å². The van der Waals surface area contributed by atoms with Crippen molar-refractivity contribution in [2.45, 2.75) is 19.9 Å². The molecule has 1 aromatic carbocycles. The summed E-state index contributed by atoms with van der Waals surface area (Å²) in [6, 6.07) is 4.33. The molecule has 0 unspecified atom stereocenters. The molecule has 0 radical (unpaired) electrons. The lowest BCUT2D eigenvalue weighted by Gasteiger charge is -2.06. The van der Waals surface area contributed by atoms with E-state index in [2.05, 4.69) is 15.6 Å². The van der Waals surface area contributed by atoms with Crippen LogP contribution in [0.15, 0.2) is 30.6 Å². The third-order valence-electron chi connectivity index (χ3n) is 2.74. The van der Waals surface area contributed by atoms with Crippen LogP contribution in [0.2, 0.25) is 0 Å². The second-order valence-corrected chi connectivity index (χ2v) is 4.24. The minimum absolute atomic E-state index is 0.193. The molecule has 5 nitrogen and oxygen atoms in total. The minimum atomic E-state index is -0.303. The van der Waals surface area contributed by atoms with Crippen molar-refractivity contribution in [2.75, 3.05) is 6.54 Å². The number of halogens is 1. The lowest BCUT2D eigenvalue weighted by Crippen LogP contribution is -2.25.